The molecule has 1 aromatic rings. The Kier molecular flexibility index (Phi) is 4.95. The molecule has 0 radical (unpaired) electrons. The molecule has 114 valence electrons. The van der Waals surface area contributed by atoms with Crippen LogP contribution in [0.2, 0.25) is 0 Å². The number of hydrogen-bond donors (Lipinski definition) is 1. The van der Waals surface area contributed by atoms with Crippen molar-refractivity contribution in [1.29, 1.82) is 0 Å². The summed E-state index contributed by atoms with van der Waals surface area (Å²) < 4.78 is 102. The van der Waals surface area contributed by atoms with Crippen molar-refractivity contribution in [3.8, 4) is 0 Å². The van der Waals surface area contributed by atoms with Crippen molar-refractivity contribution in [3.63, 3.8) is 0 Å². The second kappa shape index (κ2) is 5.94. The fraction of sp³-hybridized carbons (Fsp3) is 0.455. The highest BCUT2D eigenvalue weighted by Crippen LogP contribution is 2.32. The van der Waals surface area contributed by atoms with Crippen molar-refractivity contribution in [3.05, 3.63) is 34.6 Å². The van der Waals surface area contributed by atoms with Crippen molar-refractivity contribution >= 4 is 0 Å². The monoisotopic (exact) mass is 307 g/mol. The maximum Gasteiger partial charge on any atom is 0.389 e. The van der Waals surface area contributed by atoms with Crippen molar-refractivity contribution in [2.75, 3.05) is 7.05 Å². The molecule has 1 aromatic carbocycles. The highest BCUT2D eigenvalue weighted by Gasteiger charge is 2.33. The smallest absolute Gasteiger partial charge is 0.313 e. The first-order valence-electron chi connectivity index (χ1n) is 5.35. The third-order valence-electron chi connectivity index (χ3n) is 2.66. The molecule has 1 rings (SSSR count). The van der Waals surface area contributed by atoms with Crippen molar-refractivity contribution in [2.24, 2.45) is 0 Å². The molecule has 1 atom stereocenters. The van der Waals surface area contributed by atoms with Gasteiger partial charge in [0.25, 0.3) is 0 Å². The van der Waals surface area contributed by atoms with Gasteiger partial charge in [-0.15, -0.1) is 0 Å². The molecule has 1 unspecified atom stereocenters. The number of halogens is 8. The zero-order valence-corrected chi connectivity index (χ0v) is 10.0. The van der Waals surface area contributed by atoms with Crippen LogP contribution in [0.3, 0.4) is 0 Å². The van der Waals surface area contributed by atoms with E-state index in [2.05, 4.69) is 5.32 Å². The molecule has 0 aliphatic carbocycles. The molecule has 0 bridgehead atoms. The van der Waals surface area contributed by atoms with E-state index in [-0.39, 0.29) is 0 Å². The molecule has 1 N–H and O–H groups in total. The third kappa shape index (κ3) is 3.38. The molecule has 0 aromatic heterocycles. The van der Waals surface area contributed by atoms with Gasteiger partial charge in [0.1, 0.15) is 0 Å². The summed E-state index contributed by atoms with van der Waals surface area (Å²) in [5.74, 6) is -11.0. The van der Waals surface area contributed by atoms with Crippen molar-refractivity contribution in [2.45, 2.75) is 25.1 Å². The normalized spacial score (nSPS) is 13.7. The van der Waals surface area contributed by atoms with Crippen LogP contribution in [0.4, 0.5) is 35.1 Å². The first kappa shape index (κ1) is 16.7. The second-order valence-corrected chi connectivity index (χ2v) is 3.98. The molecule has 0 aliphatic heterocycles. The molecule has 20 heavy (non-hydrogen) atoms. The number of benzene rings is 1. The predicted molar refractivity (Wildman–Crippen MR) is 53.3 cm³/mol. The van der Waals surface area contributed by atoms with Crippen molar-refractivity contribution < 1.29 is 35.1 Å². The van der Waals surface area contributed by atoms with Crippen LogP contribution >= 0.6 is 0 Å². The Labute approximate surface area is 108 Å². The molecule has 0 saturated carbocycles. The van der Waals surface area contributed by atoms with Gasteiger partial charge in [-0.1, -0.05) is 0 Å². The molecule has 0 spiro atoms. The van der Waals surface area contributed by atoms with Gasteiger partial charge in [0.15, 0.2) is 23.3 Å². The molecule has 0 fully saturated rings. The molecule has 0 aliphatic rings. The quantitative estimate of drug-likeness (QED) is 0.504. The summed E-state index contributed by atoms with van der Waals surface area (Å²) in [5, 5.41) is 2.11. The molecular weight excluding hydrogens is 298 g/mol. The van der Waals surface area contributed by atoms with Crippen LogP contribution in [0, 0.1) is 29.1 Å². The zero-order valence-electron chi connectivity index (χ0n) is 10.0. The fourth-order valence-corrected chi connectivity index (χ4v) is 1.67. The number of rotatable bonds is 4. The Hall–Kier alpha value is -1.38. The van der Waals surface area contributed by atoms with Crippen LogP contribution in [-0.4, -0.2) is 13.2 Å². The predicted octanol–water partition coefficient (Wildman–Crippen LogP) is 3.99. The standard InChI is InChI=1S/C11H9F8N/c1-20-4(2-3-11(17,18)19)5-6(12)8(14)10(16)9(15)7(5)13/h4,20H,2-3H2,1H3. The first-order chi connectivity index (χ1) is 9.10. The Morgan fingerprint density at radius 2 is 1.25 bits per heavy atom. The average molecular weight is 307 g/mol. The maximum absolute atomic E-state index is 13.4. The van der Waals surface area contributed by atoms with Gasteiger partial charge in [-0.25, -0.2) is 22.0 Å². The Morgan fingerprint density at radius 3 is 1.60 bits per heavy atom. The minimum atomic E-state index is -4.61. The summed E-state index contributed by atoms with van der Waals surface area (Å²) in [7, 11) is 1.05. The molecule has 1 nitrogen and oxygen atoms in total. The zero-order chi connectivity index (χ0) is 15.7. The lowest BCUT2D eigenvalue weighted by Crippen LogP contribution is -2.23. The fourth-order valence-electron chi connectivity index (χ4n) is 1.67. The Balaban J connectivity index is 3.22. The lowest BCUT2D eigenvalue weighted by molar-refractivity contribution is -0.136. The molecule has 9 heteroatoms. The average Bonchev–Trinajstić information content (AvgIpc) is 2.36. The SMILES string of the molecule is CNC(CCC(F)(F)F)c1c(F)c(F)c(F)c(F)c1F. The van der Waals surface area contributed by atoms with E-state index in [9.17, 15) is 35.1 Å². The van der Waals surface area contributed by atoms with Crippen LogP contribution < -0.4 is 5.32 Å². The van der Waals surface area contributed by atoms with Gasteiger partial charge in [0.05, 0.1) is 0 Å². The van der Waals surface area contributed by atoms with E-state index in [0.717, 1.165) is 7.05 Å². The lowest BCUT2D eigenvalue weighted by Gasteiger charge is -2.19. The molecule has 0 heterocycles. The number of hydrogen-bond acceptors (Lipinski definition) is 1. The summed E-state index contributed by atoms with van der Waals surface area (Å²) in [4.78, 5) is 0. The summed E-state index contributed by atoms with van der Waals surface area (Å²) in [6, 6.07) is -1.65. The van der Waals surface area contributed by atoms with E-state index < -0.39 is 59.7 Å². The van der Waals surface area contributed by atoms with E-state index in [1.807, 2.05) is 0 Å². The number of nitrogens with one attached hydrogen (secondary N) is 1. The van der Waals surface area contributed by atoms with Gasteiger partial charge in [-0.3, -0.25) is 0 Å². The van der Waals surface area contributed by atoms with Gasteiger partial charge in [-0.2, -0.15) is 13.2 Å². The van der Waals surface area contributed by atoms with Crippen LogP contribution in [0.15, 0.2) is 0 Å². The van der Waals surface area contributed by atoms with Gasteiger partial charge in [0.2, 0.25) is 5.82 Å². The largest absolute Gasteiger partial charge is 0.389 e. The molecule has 0 saturated heterocycles. The summed E-state index contributed by atoms with van der Waals surface area (Å²) in [6.07, 6.45) is -6.91. The lowest BCUT2D eigenvalue weighted by atomic mass is 10.00. The van der Waals surface area contributed by atoms with Crippen LogP contribution in [-0.2, 0) is 0 Å². The summed E-state index contributed by atoms with van der Waals surface area (Å²) in [6.45, 7) is 0. The van der Waals surface area contributed by atoms with Gasteiger partial charge in [0, 0.05) is 18.0 Å². The number of alkyl halides is 3. The minimum absolute atomic E-state index is 0.863. The van der Waals surface area contributed by atoms with E-state index in [4.69, 9.17) is 0 Å². The topological polar surface area (TPSA) is 12.0 Å². The highest BCUT2D eigenvalue weighted by molar-refractivity contribution is 5.27. The Bertz CT molecular complexity index is 467. The van der Waals surface area contributed by atoms with E-state index in [1.165, 1.54) is 0 Å². The van der Waals surface area contributed by atoms with E-state index >= 15 is 0 Å². The Morgan fingerprint density at radius 1 is 0.850 bits per heavy atom. The first-order valence-corrected chi connectivity index (χ1v) is 5.35. The second-order valence-electron chi connectivity index (χ2n) is 3.98. The van der Waals surface area contributed by atoms with Gasteiger partial charge < -0.3 is 5.32 Å². The summed E-state index contributed by atoms with van der Waals surface area (Å²) >= 11 is 0. The minimum Gasteiger partial charge on any atom is -0.313 e. The van der Waals surface area contributed by atoms with Gasteiger partial charge >= 0.3 is 6.18 Å². The van der Waals surface area contributed by atoms with Crippen LogP contribution in [0.1, 0.15) is 24.4 Å². The third-order valence-corrected chi connectivity index (χ3v) is 2.66. The van der Waals surface area contributed by atoms with Crippen molar-refractivity contribution in [1.82, 2.24) is 5.32 Å². The van der Waals surface area contributed by atoms with Crippen LogP contribution in [0.25, 0.3) is 0 Å². The molecular formula is C11H9F8N. The van der Waals surface area contributed by atoms with E-state index in [1.54, 1.807) is 0 Å². The maximum atomic E-state index is 13.4. The summed E-state index contributed by atoms with van der Waals surface area (Å²) in [5.41, 5.74) is -1.30. The van der Waals surface area contributed by atoms with E-state index in [0.29, 0.717) is 0 Å². The van der Waals surface area contributed by atoms with Crippen LogP contribution in [0.5, 0.6) is 0 Å². The highest BCUT2D eigenvalue weighted by atomic mass is 19.4. The molecule has 0 amide bonds. The van der Waals surface area contributed by atoms with Gasteiger partial charge in [-0.05, 0) is 13.5 Å².